The highest BCUT2D eigenvalue weighted by molar-refractivity contribution is 6.30. The maximum atomic E-state index is 11.7. The van der Waals surface area contributed by atoms with E-state index >= 15 is 0 Å². The summed E-state index contributed by atoms with van der Waals surface area (Å²) in [7, 11) is 0. The third-order valence-electron chi connectivity index (χ3n) is 2.96. The highest BCUT2D eigenvalue weighted by atomic mass is 35.5. The van der Waals surface area contributed by atoms with Gasteiger partial charge in [-0.2, -0.15) is 0 Å². The quantitative estimate of drug-likeness (QED) is 0.810. The van der Waals surface area contributed by atoms with Crippen molar-refractivity contribution in [2.24, 2.45) is 5.92 Å². The predicted molar refractivity (Wildman–Crippen MR) is 76.0 cm³/mol. The molecule has 0 saturated carbocycles. The molecule has 2 unspecified atom stereocenters. The molecule has 1 rings (SSSR count). The van der Waals surface area contributed by atoms with Gasteiger partial charge in [0.1, 0.15) is 11.8 Å². The van der Waals surface area contributed by atoms with Crippen LogP contribution in [0.15, 0.2) is 24.3 Å². The van der Waals surface area contributed by atoms with Crippen LogP contribution in [-0.2, 0) is 9.59 Å². The van der Waals surface area contributed by atoms with Gasteiger partial charge in [0.25, 0.3) is 5.91 Å². The minimum Gasteiger partial charge on any atom is -0.484 e. The molecule has 0 aliphatic heterocycles. The molecule has 0 heterocycles. The highest BCUT2D eigenvalue weighted by Crippen LogP contribution is 2.17. The lowest BCUT2D eigenvalue weighted by Gasteiger charge is -2.20. The van der Waals surface area contributed by atoms with Crippen LogP contribution in [-0.4, -0.2) is 29.6 Å². The van der Waals surface area contributed by atoms with Gasteiger partial charge in [-0.15, -0.1) is 0 Å². The monoisotopic (exact) mass is 299 g/mol. The van der Waals surface area contributed by atoms with E-state index in [1.54, 1.807) is 31.2 Å². The maximum absolute atomic E-state index is 11.7. The number of ether oxygens (including phenoxy) is 1. The standard InChI is InChI=1S/C14H18ClNO4/c1-3-9(2)13(14(18)19)16-12(17)8-20-11-6-4-5-10(15)7-11/h4-7,9,13H,3,8H2,1-2H3,(H,16,17)(H,18,19). The number of benzene rings is 1. The fourth-order valence-electron chi connectivity index (χ4n) is 1.60. The van der Waals surface area contributed by atoms with E-state index in [9.17, 15) is 9.59 Å². The number of carboxylic acids is 1. The zero-order chi connectivity index (χ0) is 15.1. The second-order valence-corrected chi connectivity index (χ2v) is 4.95. The van der Waals surface area contributed by atoms with Crippen molar-refractivity contribution >= 4 is 23.5 Å². The first-order chi connectivity index (χ1) is 9.43. The topological polar surface area (TPSA) is 75.6 Å². The Morgan fingerprint density at radius 1 is 1.45 bits per heavy atom. The van der Waals surface area contributed by atoms with Gasteiger partial charge in [0.2, 0.25) is 0 Å². The van der Waals surface area contributed by atoms with Crippen molar-refractivity contribution in [3.8, 4) is 5.75 Å². The number of amides is 1. The van der Waals surface area contributed by atoms with Gasteiger partial charge in [-0.25, -0.2) is 4.79 Å². The van der Waals surface area contributed by atoms with Crippen LogP contribution in [0.1, 0.15) is 20.3 Å². The summed E-state index contributed by atoms with van der Waals surface area (Å²) in [6.45, 7) is 3.40. The van der Waals surface area contributed by atoms with E-state index in [1.165, 1.54) is 0 Å². The Kier molecular flexibility index (Phi) is 6.31. The van der Waals surface area contributed by atoms with E-state index in [0.717, 1.165) is 0 Å². The molecule has 1 aromatic carbocycles. The largest absolute Gasteiger partial charge is 0.484 e. The third-order valence-corrected chi connectivity index (χ3v) is 3.20. The van der Waals surface area contributed by atoms with E-state index in [-0.39, 0.29) is 12.5 Å². The average Bonchev–Trinajstić information content (AvgIpc) is 2.41. The molecule has 0 aromatic heterocycles. The number of halogens is 1. The van der Waals surface area contributed by atoms with E-state index in [2.05, 4.69) is 5.32 Å². The molecule has 0 bridgehead atoms. The van der Waals surface area contributed by atoms with E-state index < -0.39 is 17.9 Å². The molecule has 0 fully saturated rings. The SMILES string of the molecule is CCC(C)C(NC(=O)COc1cccc(Cl)c1)C(=O)O. The van der Waals surface area contributed by atoms with Crippen molar-refractivity contribution in [3.63, 3.8) is 0 Å². The number of carbonyl (C=O) groups is 2. The van der Waals surface area contributed by atoms with Crippen molar-refractivity contribution in [2.45, 2.75) is 26.3 Å². The van der Waals surface area contributed by atoms with Crippen LogP contribution in [0.2, 0.25) is 5.02 Å². The van der Waals surface area contributed by atoms with Crippen LogP contribution in [0.25, 0.3) is 0 Å². The molecule has 0 saturated heterocycles. The second-order valence-electron chi connectivity index (χ2n) is 4.52. The van der Waals surface area contributed by atoms with Crippen LogP contribution >= 0.6 is 11.6 Å². The van der Waals surface area contributed by atoms with E-state index in [0.29, 0.717) is 17.2 Å². The zero-order valence-corrected chi connectivity index (χ0v) is 12.2. The van der Waals surface area contributed by atoms with E-state index in [4.69, 9.17) is 21.4 Å². The summed E-state index contributed by atoms with van der Waals surface area (Å²) in [6.07, 6.45) is 0.659. The molecule has 0 aliphatic carbocycles. The van der Waals surface area contributed by atoms with Crippen molar-refractivity contribution in [3.05, 3.63) is 29.3 Å². The minimum atomic E-state index is -1.05. The van der Waals surface area contributed by atoms with Gasteiger partial charge in [-0.3, -0.25) is 4.79 Å². The molecule has 2 N–H and O–H groups in total. The van der Waals surface area contributed by atoms with Crippen LogP contribution in [0.4, 0.5) is 0 Å². The second kappa shape index (κ2) is 7.75. The van der Waals surface area contributed by atoms with Gasteiger partial charge in [0.15, 0.2) is 6.61 Å². The fourth-order valence-corrected chi connectivity index (χ4v) is 1.78. The summed E-state index contributed by atoms with van der Waals surface area (Å²) in [5.41, 5.74) is 0. The van der Waals surface area contributed by atoms with Crippen LogP contribution in [0.5, 0.6) is 5.75 Å². The predicted octanol–water partition coefficient (Wildman–Crippen LogP) is 2.33. The number of nitrogens with one attached hydrogen (secondary N) is 1. The molecule has 5 nitrogen and oxygen atoms in total. The van der Waals surface area contributed by atoms with Gasteiger partial charge in [-0.1, -0.05) is 37.9 Å². The first kappa shape index (κ1) is 16.3. The molecule has 1 aromatic rings. The molecule has 6 heteroatoms. The van der Waals surface area contributed by atoms with Crippen molar-refractivity contribution in [2.75, 3.05) is 6.61 Å². The number of rotatable bonds is 7. The summed E-state index contributed by atoms with van der Waals surface area (Å²) in [5.74, 6) is -1.21. The molecular weight excluding hydrogens is 282 g/mol. The van der Waals surface area contributed by atoms with Gasteiger partial charge in [0, 0.05) is 5.02 Å². The number of carboxylic acid groups (broad SMARTS) is 1. The Morgan fingerprint density at radius 2 is 2.15 bits per heavy atom. The lowest BCUT2D eigenvalue weighted by Crippen LogP contribution is -2.46. The fraction of sp³-hybridized carbons (Fsp3) is 0.429. The first-order valence-corrected chi connectivity index (χ1v) is 6.72. The molecule has 20 heavy (non-hydrogen) atoms. The summed E-state index contributed by atoms with van der Waals surface area (Å²) in [5, 5.41) is 12.0. The van der Waals surface area contributed by atoms with Gasteiger partial charge >= 0.3 is 5.97 Å². The van der Waals surface area contributed by atoms with Crippen LogP contribution < -0.4 is 10.1 Å². The number of hydrogen-bond donors (Lipinski definition) is 2. The normalized spacial score (nSPS) is 13.3. The minimum absolute atomic E-state index is 0.150. The highest BCUT2D eigenvalue weighted by Gasteiger charge is 2.25. The maximum Gasteiger partial charge on any atom is 0.326 e. The Labute approximate surface area is 122 Å². The molecule has 0 radical (unpaired) electrons. The Morgan fingerprint density at radius 3 is 2.70 bits per heavy atom. The number of aliphatic carboxylic acids is 1. The van der Waals surface area contributed by atoms with Gasteiger partial charge in [-0.05, 0) is 24.1 Å². The smallest absolute Gasteiger partial charge is 0.326 e. The Hall–Kier alpha value is -1.75. The first-order valence-electron chi connectivity index (χ1n) is 6.34. The van der Waals surface area contributed by atoms with Crippen LogP contribution in [0.3, 0.4) is 0 Å². The molecule has 1 amide bonds. The molecular formula is C14H18ClNO4. The summed E-state index contributed by atoms with van der Waals surface area (Å²) < 4.78 is 5.25. The van der Waals surface area contributed by atoms with Crippen molar-refractivity contribution in [1.82, 2.24) is 5.32 Å². The summed E-state index contributed by atoms with van der Waals surface area (Å²) in [6, 6.07) is 5.74. The molecule has 0 aliphatic rings. The average molecular weight is 300 g/mol. The van der Waals surface area contributed by atoms with Gasteiger partial charge < -0.3 is 15.2 Å². The van der Waals surface area contributed by atoms with Gasteiger partial charge in [0.05, 0.1) is 0 Å². The molecule has 0 spiro atoms. The summed E-state index contributed by atoms with van der Waals surface area (Å²) >= 11 is 5.79. The van der Waals surface area contributed by atoms with E-state index in [1.807, 2.05) is 6.92 Å². The zero-order valence-electron chi connectivity index (χ0n) is 11.4. The molecule has 2 atom stereocenters. The van der Waals surface area contributed by atoms with Crippen LogP contribution in [0, 0.1) is 5.92 Å². The van der Waals surface area contributed by atoms with Crippen molar-refractivity contribution in [1.29, 1.82) is 0 Å². The lowest BCUT2D eigenvalue weighted by atomic mass is 9.99. The third kappa shape index (κ3) is 5.09. The lowest BCUT2D eigenvalue weighted by molar-refractivity contribution is -0.143. The summed E-state index contributed by atoms with van der Waals surface area (Å²) in [4.78, 5) is 22.8. The number of hydrogen-bond acceptors (Lipinski definition) is 3. The Balaban J connectivity index is 2.52. The number of carbonyl (C=O) groups excluding carboxylic acids is 1. The van der Waals surface area contributed by atoms with Crippen molar-refractivity contribution < 1.29 is 19.4 Å². The molecule has 110 valence electrons. The Bertz CT molecular complexity index is 478.